The zero-order valence-corrected chi connectivity index (χ0v) is 10.5. The van der Waals surface area contributed by atoms with E-state index < -0.39 is 0 Å². The second-order valence-electron chi connectivity index (χ2n) is 4.83. The van der Waals surface area contributed by atoms with Gasteiger partial charge in [0.25, 0.3) is 0 Å². The maximum Gasteiger partial charge on any atom is 0.133 e. The molecule has 92 valence electrons. The molecule has 0 fully saturated rings. The third-order valence-electron chi connectivity index (χ3n) is 3.41. The summed E-state index contributed by atoms with van der Waals surface area (Å²) in [6.07, 6.45) is 2.24. The van der Waals surface area contributed by atoms with Crippen LogP contribution in [0, 0.1) is 6.92 Å². The van der Waals surface area contributed by atoms with Gasteiger partial charge in [0.1, 0.15) is 11.6 Å². The van der Waals surface area contributed by atoms with Crippen molar-refractivity contribution in [2.75, 3.05) is 17.6 Å². The first kappa shape index (κ1) is 11.1. The van der Waals surface area contributed by atoms with Crippen LogP contribution < -0.4 is 11.1 Å². The van der Waals surface area contributed by atoms with Crippen molar-refractivity contribution in [2.45, 2.75) is 19.8 Å². The van der Waals surface area contributed by atoms with Crippen LogP contribution in [0.4, 0.5) is 11.6 Å². The molecule has 0 atom stereocenters. The molecule has 0 bridgehead atoms. The number of aromatic nitrogens is 1. The minimum absolute atomic E-state index is 0.604. The van der Waals surface area contributed by atoms with Crippen LogP contribution in [0.25, 0.3) is 11.1 Å². The molecule has 0 saturated carbocycles. The van der Waals surface area contributed by atoms with E-state index in [1.54, 1.807) is 0 Å². The molecule has 0 radical (unpaired) electrons. The quantitative estimate of drug-likeness (QED) is 0.804. The summed E-state index contributed by atoms with van der Waals surface area (Å²) in [5.41, 5.74) is 10.8. The monoisotopic (exact) mass is 239 g/mol. The van der Waals surface area contributed by atoms with Gasteiger partial charge >= 0.3 is 0 Å². The second kappa shape index (κ2) is 4.33. The summed E-state index contributed by atoms with van der Waals surface area (Å²) in [6, 6.07) is 10.6. The number of fused-ring (bicyclic) bond motifs is 1. The van der Waals surface area contributed by atoms with Gasteiger partial charge in [0, 0.05) is 12.1 Å². The summed E-state index contributed by atoms with van der Waals surface area (Å²) in [4.78, 5) is 4.48. The first-order chi connectivity index (χ1) is 8.74. The fourth-order valence-electron chi connectivity index (χ4n) is 2.36. The fourth-order valence-corrected chi connectivity index (χ4v) is 2.36. The van der Waals surface area contributed by atoms with E-state index >= 15 is 0 Å². The molecule has 0 aliphatic carbocycles. The molecule has 3 N–H and O–H groups in total. The van der Waals surface area contributed by atoms with Gasteiger partial charge in [-0.1, -0.05) is 29.8 Å². The Balaban J connectivity index is 2.09. The minimum atomic E-state index is 0.604. The van der Waals surface area contributed by atoms with Gasteiger partial charge in [-0.2, -0.15) is 0 Å². The molecule has 0 spiro atoms. The summed E-state index contributed by atoms with van der Waals surface area (Å²) in [5, 5.41) is 3.30. The van der Waals surface area contributed by atoms with Crippen LogP contribution >= 0.6 is 0 Å². The largest absolute Gasteiger partial charge is 0.383 e. The van der Waals surface area contributed by atoms with Gasteiger partial charge in [-0.3, -0.25) is 0 Å². The molecule has 3 heteroatoms. The Labute approximate surface area is 107 Å². The Bertz CT molecular complexity index is 573. The van der Waals surface area contributed by atoms with Gasteiger partial charge in [-0.05, 0) is 37.0 Å². The van der Waals surface area contributed by atoms with E-state index in [1.807, 2.05) is 0 Å². The first-order valence-corrected chi connectivity index (χ1v) is 6.34. The minimum Gasteiger partial charge on any atom is -0.383 e. The van der Waals surface area contributed by atoms with E-state index in [4.69, 9.17) is 5.73 Å². The van der Waals surface area contributed by atoms with Crippen LogP contribution in [0.5, 0.6) is 0 Å². The predicted octanol–water partition coefficient (Wildman–Crippen LogP) is 3.00. The van der Waals surface area contributed by atoms with Crippen molar-refractivity contribution >= 4 is 11.6 Å². The van der Waals surface area contributed by atoms with Crippen molar-refractivity contribution in [3.8, 4) is 11.1 Å². The number of pyridine rings is 1. The van der Waals surface area contributed by atoms with Crippen molar-refractivity contribution < 1.29 is 0 Å². The lowest BCUT2D eigenvalue weighted by molar-refractivity contribution is 0.819. The number of hydrogen-bond donors (Lipinski definition) is 2. The average molecular weight is 239 g/mol. The standard InChI is InChI=1S/C15H17N3/c1-10-4-6-11(7-5-10)13-9-12-3-2-8-17-15(12)18-14(13)16/h4-7,9H,2-3,8H2,1H3,(H3,16,17,18). The first-order valence-electron chi connectivity index (χ1n) is 6.34. The summed E-state index contributed by atoms with van der Waals surface area (Å²) in [5.74, 6) is 1.56. The van der Waals surface area contributed by atoms with Gasteiger partial charge in [0.05, 0.1) is 0 Å². The number of nitrogen functional groups attached to an aromatic ring is 1. The van der Waals surface area contributed by atoms with E-state index in [9.17, 15) is 0 Å². The number of rotatable bonds is 1. The Morgan fingerprint density at radius 3 is 2.78 bits per heavy atom. The van der Waals surface area contributed by atoms with E-state index in [2.05, 4.69) is 47.6 Å². The smallest absolute Gasteiger partial charge is 0.133 e. The maximum absolute atomic E-state index is 6.06. The highest BCUT2D eigenvalue weighted by atomic mass is 15.0. The number of aryl methyl sites for hydroxylation is 2. The van der Waals surface area contributed by atoms with Crippen LogP contribution in [0.15, 0.2) is 30.3 Å². The molecule has 0 saturated heterocycles. The molecular weight excluding hydrogens is 222 g/mol. The Morgan fingerprint density at radius 1 is 1.22 bits per heavy atom. The van der Waals surface area contributed by atoms with Crippen molar-refractivity contribution in [3.05, 3.63) is 41.5 Å². The van der Waals surface area contributed by atoms with Gasteiger partial charge in [0.15, 0.2) is 0 Å². The summed E-state index contributed by atoms with van der Waals surface area (Å²) < 4.78 is 0. The van der Waals surface area contributed by atoms with Crippen molar-refractivity contribution in [3.63, 3.8) is 0 Å². The number of nitrogens with two attached hydrogens (primary N) is 1. The lowest BCUT2D eigenvalue weighted by Gasteiger charge is -2.19. The highest BCUT2D eigenvalue weighted by Gasteiger charge is 2.14. The van der Waals surface area contributed by atoms with E-state index in [0.717, 1.165) is 36.3 Å². The molecule has 18 heavy (non-hydrogen) atoms. The highest BCUT2D eigenvalue weighted by Crippen LogP contribution is 2.31. The number of nitrogens with one attached hydrogen (secondary N) is 1. The van der Waals surface area contributed by atoms with Gasteiger partial charge in [-0.25, -0.2) is 4.98 Å². The van der Waals surface area contributed by atoms with Gasteiger partial charge < -0.3 is 11.1 Å². The Morgan fingerprint density at radius 2 is 2.00 bits per heavy atom. The topological polar surface area (TPSA) is 50.9 Å². The average Bonchev–Trinajstić information content (AvgIpc) is 2.39. The molecule has 1 aromatic heterocycles. The van der Waals surface area contributed by atoms with E-state index in [0.29, 0.717) is 5.82 Å². The lowest BCUT2D eigenvalue weighted by atomic mass is 10.00. The van der Waals surface area contributed by atoms with Crippen molar-refractivity contribution in [2.24, 2.45) is 0 Å². The van der Waals surface area contributed by atoms with E-state index in [1.165, 1.54) is 11.1 Å². The molecule has 3 rings (SSSR count). The molecular formula is C15H17N3. The lowest BCUT2D eigenvalue weighted by Crippen LogP contribution is -2.14. The summed E-state index contributed by atoms with van der Waals surface area (Å²) in [7, 11) is 0. The zero-order valence-electron chi connectivity index (χ0n) is 10.5. The van der Waals surface area contributed by atoms with Crippen LogP contribution in [0.2, 0.25) is 0 Å². The zero-order chi connectivity index (χ0) is 12.5. The van der Waals surface area contributed by atoms with E-state index in [-0.39, 0.29) is 0 Å². The van der Waals surface area contributed by atoms with Crippen LogP contribution in [-0.2, 0) is 6.42 Å². The molecule has 0 amide bonds. The molecule has 1 aliphatic heterocycles. The summed E-state index contributed by atoms with van der Waals surface area (Å²) in [6.45, 7) is 3.07. The molecule has 3 nitrogen and oxygen atoms in total. The normalized spacial score (nSPS) is 13.8. The van der Waals surface area contributed by atoms with Crippen LogP contribution in [-0.4, -0.2) is 11.5 Å². The van der Waals surface area contributed by atoms with Gasteiger partial charge in [-0.15, -0.1) is 0 Å². The fraction of sp³-hybridized carbons (Fsp3) is 0.267. The second-order valence-corrected chi connectivity index (χ2v) is 4.83. The maximum atomic E-state index is 6.06. The van der Waals surface area contributed by atoms with Crippen molar-refractivity contribution in [1.29, 1.82) is 0 Å². The van der Waals surface area contributed by atoms with Crippen molar-refractivity contribution in [1.82, 2.24) is 4.98 Å². The third-order valence-corrected chi connectivity index (χ3v) is 3.41. The molecule has 1 aromatic carbocycles. The van der Waals surface area contributed by atoms with Crippen LogP contribution in [0.3, 0.4) is 0 Å². The number of hydrogen-bond acceptors (Lipinski definition) is 3. The third kappa shape index (κ3) is 1.92. The molecule has 0 unspecified atom stereocenters. The number of anilines is 2. The Kier molecular flexibility index (Phi) is 2.67. The SMILES string of the molecule is Cc1ccc(-c2cc3c(nc2N)NCCC3)cc1. The molecule has 1 aliphatic rings. The number of benzene rings is 1. The highest BCUT2D eigenvalue weighted by molar-refractivity contribution is 5.77. The predicted molar refractivity (Wildman–Crippen MR) is 75.6 cm³/mol. The number of nitrogens with zero attached hydrogens (tertiary/aromatic N) is 1. The van der Waals surface area contributed by atoms with Crippen LogP contribution in [0.1, 0.15) is 17.5 Å². The molecule has 2 aromatic rings. The molecule has 2 heterocycles. The Hall–Kier alpha value is -2.03. The van der Waals surface area contributed by atoms with Gasteiger partial charge in [0.2, 0.25) is 0 Å². The summed E-state index contributed by atoms with van der Waals surface area (Å²) >= 11 is 0.